The van der Waals surface area contributed by atoms with Crippen molar-refractivity contribution in [2.75, 3.05) is 4.90 Å². The Bertz CT molecular complexity index is 2940. The first kappa shape index (κ1) is 35.2. The normalized spacial score (nSPS) is 13.9. The molecule has 9 aromatic carbocycles. The fourth-order valence-electron chi connectivity index (χ4n) is 8.71. The third-order valence-electron chi connectivity index (χ3n) is 11.7. The fourth-order valence-corrected chi connectivity index (χ4v) is 8.71. The number of hydrogen-bond donors (Lipinski definition) is 0. The van der Waals surface area contributed by atoms with Crippen molar-refractivity contribution in [1.29, 1.82) is 0 Å². The molecule has 58 heavy (non-hydrogen) atoms. The first-order chi connectivity index (χ1) is 28.7. The highest BCUT2D eigenvalue weighted by molar-refractivity contribution is 6.13. The van der Waals surface area contributed by atoms with E-state index in [1.54, 1.807) is 0 Å². The van der Waals surface area contributed by atoms with E-state index in [1.807, 2.05) is 0 Å². The number of fused-ring (bicyclic) bond motifs is 3. The van der Waals surface area contributed by atoms with E-state index in [0.29, 0.717) is 0 Å². The van der Waals surface area contributed by atoms with E-state index < -0.39 is 0 Å². The highest BCUT2D eigenvalue weighted by Gasteiger charge is 2.24. The van der Waals surface area contributed by atoms with Crippen LogP contribution in [0.15, 0.2) is 230 Å². The van der Waals surface area contributed by atoms with Crippen molar-refractivity contribution in [2.24, 2.45) is 5.92 Å². The van der Waals surface area contributed by atoms with Crippen LogP contribution in [0.4, 0.5) is 11.4 Å². The Labute approximate surface area is 341 Å². The van der Waals surface area contributed by atoms with Gasteiger partial charge in [-0.25, -0.2) is 0 Å². The summed E-state index contributed by atoms with van der Waals surface area (Å²) >= 11 is 0. The van der Waals surface area contributed by atoms with Crippen LogP contribution < -0.4 is 4.90 Å². The van der Waals surface area contributed by atoms with Gasteiger partial charge in [0.05, 0.1) is 0 Å². The molecule has 0 saturated carbocycles. The predicted molar refractivity (Wildman–Crippen MR) is 248 cm³/mol. The van der Waals surface area contributed by atoms with Crippen molar-refractivity contribution in [3.05, 3.63) is 236 Å². The number of rotatable bonds is 8. The summed E-state index contributed by atoms with van der Waals surface area (Å²) in [7, 11) is 0. The second-order valence-corrected chi connectivity index (χ2v) is 15.4. The Morgan fingerprint density at radius 3 is 1.45 bits per heavy atom. The van der Waals surface area contributed by atoms with Gasteiger partial charge in [-0.3, -0.25) is 0 Å². The SMILES string of the molecule is CC1CC(c2cccc(-c3ccccc3)c2)=CC=C1N(c1ccc(-c2ccc(-c3ccccc3)cc2)cc1)c1ccc(-c2cc3ccccc3c3ccccc23)cc1. The van der Waals surface area contributed by atoms with Gasteiger partial charge in [0, 0.05) is 23.0 Å². The second-order valence-electron chi connectivity index (χ2n) is 15.4. The molecule has 9 aromatic rings. The van der Waals surface area contributed by atoms with Crippen molar-refractivity contribution in [3.8, 4) is 44.5 Å². The van der Waals surface area contributed by atoms with Crippen molar-refractivity contribution in [2.45, 2.75) is 13.3 Å². The van der Waals surface area contributed by atoms with Gasteiger partial charge in [-0.2, -0.15) is 0 Å². The molecule has 1 heteroatoms. The zero-order valence-corrected chi connectivity index (χ0v) is 32.6. The van der Waals surface area contributed by atoms with E-state index in [0.717, 1.165) is 17.8 Å². The topological polar surface area (TPSA) is 3.24 Å². The number of benzene rings is 9. The maximum atomic E-state index is 2.46. The predicted octanol–water partition coefficient (Wildman–Crippen LogP) is 15.8. The van der Waals surface area contributed by atoms with Crippen LogP contribution in [-0.4, -0.2) is 0 Å². The minimum atomic E-state index is 0.287. The van der Waals surface area contributed by atoms with Crippen molar-refractivity contribution in [1.82, 2.24) is 0 Å². The quantitative estimate of drug-likeness (QED) is 0.140. The Kier molecular flexibility index (Phi) is 9.33. The molecule has 0 fully saturated rings. The lowest BCUT2D eigenvalue weighted by molar-refractivity contribution is 0.680. The molecular formula is C57H43N. The molecule has 0 radical (unpaired) electrons. The first-order valence-electron chi connectivity index (χ1n) is 20.3. The lowest BCUT2D eigenvalue weighted by Crippen LogP contribution is -2.23. The summed E-state index contributed by atoms with van der Waals surface area (Å²) in [6, 6.07) is 77.3. The molecule has 0 amide bonds. The molecule has 1 nitrogen and oxygen atoms in total. The van der Waals surface area contributed by atoms with Gasteiger partial charge in [-0.05, 0) is 126 Å². The Morgan fingerprint density at radius 2 is 0.828 bits per heavy atom. The lowest BCUT2D eigenvalue weighted by Gasteiger charge is -2.34. The number of hydrogen-bond acceptors (Lipinski definition) is 1. The van der Waals surface area contributed by atoms with E-state index >= 15 is 0 Å². The van der Waals surface area contributed by atoms with Crippen LogP contribution in [0.3, 0.4) is 0 Å². The zero-order valence-electron chi connectivity index (χ0n) is 32.6. The summed E-state index contributed by atoms with van der Waals surface area (Å²) in [5.74, 6) is 0.287. The molecule has 0 aromatic heterocycles. The van der Waals surface area contributed by atoms with Gasteiger partial charge < -0.3 is 4.90 Å². The average molecular weight is 742 g/mol. The smallest absolute Gasteiger partial charge is 0.0458 e. The van der Waals surface area contributed by atoms with Gasteiger partial charge in [0.15, 0.2) is 0 Å². The first-order valence-corrected chi connectivity index (χ1v) is 20.3. The minimum absolute atomic E-state index is 0.287. The monoisotopic (exact) mass is 741 g/mol. The molecule has 0 N–H and O–H groups in total. The van der Waals surface area contributed by atoms with Crippen LogP contribution in [0, 0.1) is 5.92 Å². The molecule has 1 aliphatic rings. The second kappa shape index (κ2) is 15.4. The summed E-state index contributed by atoms with van der Waals surface area (Å²) < 4.78 is 0. The van der Waals surface area contributed by atoms with E-state index in [1.165, 1.54) is 82.9 Å². The summed E-state index contributed by atoms with van der Waals surface area (Å²) in [5.41, 5.74) is 16.1. The van der Waals surface area contributed by atoms with E-state index in [-0.39, 0.29) is 5.92 Å². The molecule has 0 aliphatic heterocycles. The van der Waals surface area contributed by atoms with E-state index in [9.17, 15) is 0 Å². The third kappa shape index (κ3) is 6.82. The maximum Gasteiger partial charge on any atom is 0.0458 e. The summed E-state index contributed by atoms with van der Waals surface area (Å²) in [5, 5.41) is 5.11. The Balaban J connectivity index is 1.03. The maximum absolute atomic E-state index is 2.46. The van der Waals surface area contributed by atoms with Gasteiger partial charge in [-0.1, -0.05) is 189 Å². The van der Waals surface area contributed by atoms with Crippen LogP contribution in [0.5, 0.6) is 0 Å². The summed E-state index contributed by atoms with van der Waals surface area (Å²) in [6.45, 7) is 2.37. The number of nitrogens with zero attached hydrogens (tertiary/aromatic N) is 1. The molecule has 10 rings (SSSR count). The zero-order chi connectivity index (χ0) is 38.8. The van der Waals surface area contributed by atoms with Crippen LogP contribution >= 0.6 is 0 Å². The summed E-state index contributed by atoms with van der Waals surface area (Å²) in [6.07, 6.45) is 5.64. The minimum Gasteiger partial charge on any atom is -0.314 e. The molecule has 1 aliphatic carbocycles. The fraction of sp³-hybridized carbons (Fsp3) is 0.0526. The van der Waals surface area contributed by atoms with E-state index in [2.05, 4.69) is 236 Å². The molecule has 0 saturated heterocycles. The molecule has 0 bridgehead atoms. The molecule has 1 atom stereocenters. The number of anilines is 2. The van der Waals surface area contributed by atoms with Gasteiger partial charge >= 0.3 is 0 Å². The molecule has 0 spiro atoms. The van der Waals surface area contributed by atoms with E-state index in [4.69, 9.17) is 0 Å². The average Bonchev–Trinajstić information content (AvgIpc) is 3.30. The van der Waals surface area contributed by atoms with Crippen LogP contribution in [0.25, 0.3) is 71.6 Å². The highest BCUT2D eigenvalue weighted by atomic mass is 15.2. The van der Waals surface area contributed by atoms with Crippen molar-refractivity contribution in [3.63, 3.8) is 0 Å². The third-order valence-corrected chi connectivity index (χ3v) is 11.7. The molecule has 276 valence electrons. The van der Waals surface area contributed by atoms with Gasteiger partial charge in [0.1, 0.15) is 0 Å². The standard InChI is InChI=1S/C57H43N/c1-40-37-49(48-19-12-18-47(38-48)42-15-6-3-7-16-42)31-36-57(40)58(51-32-27-45(28-33-51)44-25-23-43(24-26-44)41-13-4-2-5-14-41)52-34-29-46(30-35-52)56-39-50-17-8-9-20-53(50)54-21-10-11-22-55(54)56/h2-36,38-40H,37H2,1H3. The molecule has 1 unspecified atom stereocenters. The van der Waals surface area contributed by atoms with Crippen LogP contribution in [0.1, 0.15) is 18.9 Å². The van der Waals surface area contributed by atoms with Gasteiger partial charge in [-0.15, -0.1) is 0 Å². The number of allylic oxidation sites excluding steroid dienone is 4. The van der Waals surface area contributed by atoms with Crippen molar-refractivity contribution >= 4 is 38.5 Å². The van der Waals surface area contributed by atoms with Crippen LogP contribution in [-0.2, 0) is 0 Å². The largest absolute Gasteiger partial charge is 0.314 e. The van der Waals surface area contributed by atoms with Crippen LogP contribution in [0.2, 0.25) is 0 Å². The van der Waals surface area contributed by atoms with Gasteiger partial charge in [0.25, 0.3) is 0 Å². The lowest BCUT2D eigenvalue weighted by atomic mass is 9.86. The molecule has 0 heterocycles. The summed E-state index contributed by atoms with van der Waals surface area (Å²) in [4.78, 5) is 2.46. The Hall–Kier alpha value is -7.22. The van der Waals surface area contributed by atoms with Crippen molar-refractivity contribution < 1.29 is 0 Å². The Morgan fingerprint density at radius 1 is 0.362 bits per heavy atom. The molecular weight excluding hydrogens is 699 g/mol. The highest BCUT2D eigenvalue weighted by Crippen LogP contribution is 2.42. The van der Waals surface area contributed by atoms with Gasteiger partial charge in [0.2, 0.25) is 0 Å².